The maximum absolute atomic E-state index is 14.8. The topological polar surface area (TPSA) is 229 Å². The Bertz CT molecular complexity index is 3260. The molecule has 0 saturated heterocycles. The van der Waals surface area contributed by atoms with Crippen LogP contribution in [0.15, 0.2) is 109 Å². The Morgan fingerprint density at radius 2 is 1.04 bits per heavy atom. The molecule has 79 heavy (non-hydrogen) atoms. The minimum atomic E-state index is -0.870. The van der Waals surface area contributed by atoms with Gasteiger partial charge >= 0.3 is 0 Å². The van der Waals surface area contributed by atoms with Gasteiger partial charge in [0, 0.05) is 86.2 Å². The number of fused-ring (bicyclic) bond motifs is 2. The molecule has 406 valence electrons. The lowest BCUT2D eigenvalue weighted by Crippen LogP contribution is -2.46. The number of rotatable bonds is 13. The summed E-state index contributed by atoms with van der Waals surface area (Å²) >= 11 is 3.64. The lowest BCUT2D eigenvalue weighted by Gasteiger charge is -2.24. The molecule has 5 N–H and O–H groups in total. The molecule has 20 heteroatoms. The van der Waals surface area contributed by atoms with Crippen LogP contribution in [-0.4, -0.2) is 99.3 Å². The molecule has 16 bridgehead atoms. The Morgan fingerprint density at radius 1 is 0.544 bits per heavy atom. The van der Waals surface area contributed by atoms with Gasteiger partial charge in [0.05, 0.1) is 79.3 Å². The first-order valence-electron chi connectivity index (χ1n) is 26.9. The van der Waals surface area contributed by atoms with Gasteiger partial charge in [-0.2, -0.15) is 0 Å². The fraction of sp³-hybridized carbons (Fsp3) is 0.339. The first kappa shape index (κ1) is 54.9. The van der Waals surface area contributed by atoms with Crippen LogP contribution in [0.25, 0.3) is 34.2 Å². The number of carbonyl (C=O) groups is 5. The average molecular weight is 1190 g/mol. The number of hydrogen-bond donors (Lipinski definition) is 5. The highest BCUT2D eigenvalue weighted by Crippen LogP contribution is 2.27. The van der Waals surface area contributed by atoms with E-state index in [9.17, 15) is 24.0 Å². The number of alkyl halides is 1. The SMILES string of the molecule is O=C(CI)NCCNC(=O)CCCCCc1ccc(CNC(=O)C2CCCCNC(=O)c3cc4nc(c3)-c3cc(cc(n3)CN3Cc5cccc(n5)-c5cccc(n5)CN(Cc5cccc(n5)-c5cccc(n5)C3)C4)C(=O)N2)s1. The van der Waals surface area contributed by atoms with Crippen molar-refractivity contribution < 1.29 is 24.0 Å². The third-order valence-corrected chi connectivity index (χ3v) is 15.6. The number of aryl methyl sites for hydroxylation is 1. The first-order valence-corrected chi connectivity index (χ1v) is 29.3. The van der Waals surface area contributed by atoms with E-state index in [0.717, 1.165) is 76.1 Å². The zero-order chi connectivity index (χ0) is 54.5. The number of amides is 5. The van der Waals surface area contributed by atoms with Crippen LogP contribution in [-0.2, 0) is 66.6 Å². The van der Waals surface area contributed by atoms with Crippen LogP contribution in [0.2, 0.25) is 0 Å². The van der Waals surface area contributed by atoms with E-state index in [1.165, 1.54) is 4.88 Å². The van der Waals surface area contributed by atoms with Crippen molar-refractivity contribution in [3.05, 3.63) is 164 Å². The number of halogens is 1. The largest absolute Gasteiger partial charge is 0.354 e. The maximum Gasteiger partial charge on any atom is 0.252 e. The molecular formula is C59H62IN13O5S. The number of unbranched alkanes of at least 4 members (excludes halogenated alkanes) is 2. The van der Waals surface area contributed by atoms with Crippen LogP contribution in [0.5, 0.6) is 0 Å². The molecule has 18 nitrogen and oxygen atoms in total. The van der Waals surface area contributed by atoms with Crippen molar-refractivity contribution in [2.45, 2.75) is 103 Å². The summed E-state index contributed by atoms with van der Waals surface area (Å²) in [5, 5.41) is 14.9. The summed E-state index contributed by atoms with van der Waals surface area (Å²) < 4.78 is 0.388. The number of hydrogen-bond acceptors (Lipinski definition) is 14. The highest BCUT2D eigenvalue weighted by atomic mass is 127. The minimum Gasteiger partial charge on any atom is -0.354 e. The Balaban J connectivity index is 0.927. The Labute approximate surface area is 476 Å². The van der Waals surface area contributed by atoms with Gasteiger partial charge in [0.25, 0.3) is 11.8 Å². The molecule has 0 aromatic carbocycles. The van der Waals surface area contributed by atoms with E-state index in [1.807, 2.05) is 108 Å². The lowest BCUT2D eigenvalue weighted by atomic mass is 10.1. The van der Waals surface area contributed by atoms with Gasteiger partial charge in [0.1, 0.15) is 6.04 Å². The Morgan fingerprint density at radius 3 is 1.58 bits per heavy atom. The van der Waals surface area contributed by atoms with Crippen molar-refractivity contribution >= 4 is 63.5 Å². The minimum absolute atomic E-state index is 0.0205. The van der Waals surface area contributed by atoms with E-state index in [4.69, 9.17) is 29.9 Å². The van der Waals surface area contributed by atoms with Gasteiger partial charge in [-0.15, -0.1) is 11.3 Å². The van der Waals surface area contributed by atoms with Crippen LogP contribution in [0.3, 0.4) is 0 Å². The molecule has 5 amide bonds. The highest BCUT2D eigenvalue weighted by Gasteiger charge is 2.26. The van der Waals surface area contributed by atoms with Gasteiger partial charge in [-0.1, -0.05) is 53.3 Å². The second kappa shape index (κ2) is 26.5. The molecule has 11 rings (SSSR count). The zero-order valence-corrected chi connectivity index (χ0v) is 46.8. The van der Waals surface area contributed by atoms with E-state index in [1.54, 1.807) is 29.5 Å². The van der Waals surface area contributed by atoms with Crippen molar-refractivity contribution in [1.82, 2.24) is 66.3 Å². The summed E-state index contributed by atoms with van der Waals surface area (Å²) in [6.45, 7) is 3.68. The normalized spacial score (nSPS) is 17.2. The summed E-state index contributed by atoms with van der Waals surface area (Å²) in [7, 11) is 0. The number of pyridine rings is 6. The predicted molar refractivity (Wildman–Crippen MR) is 309 cm³/mol. The first-order chi connectivity index (χ1) is 38.5. The van der Waals surface area contributed by atoms with Crippen LogP contribution in [0.1, 0.15) is 110 Å². The molecule has 7 aromatic rings. The molecule has 4 aliphatic rings. The standard InChI is InChI=1S/C59H62IN13O5S/c60-30-56(75)62-25-24-61-55(74)20-3-1-2-14-46-21-22-47(79-46)31-64-59(78)52-15-4-5-23-63-57(76)38-26-44-36-72-32-40-10-6-16-48(65-40)50-18-8-12-42(67-50)34-73(35-43-13-9-19-51(68-43)49-17-7-11-41(33-72)66-49)37-45-27-39(58(77)71-52)29-54(70-45)53(28-38)69-44/h6-13,16-19,21-22,26-29,52H,1-5,14-15,20,23-25,30-37H2,(H,61,74)(H,62,75)(H,63,76)(H,64,78)(H,71,77). The number of aromatic nitrogens is 6. The smallest absolute Gasteiger partial charge is 0.252 e. The molecule has 7 aromatic heterocycles. The van der Waals surface area contributed by atoms with Crippen molar-refractivity contribution in [1.29, 1.82) is 0 Å². The number of nitrogens with zero attached hydrogens (tertiary/aromatic N) is 8. The molecule has 0 saturated carbocycles. The average Bonchev–Trinajstić information content (AvgIpc) is 3.94. The Kier molecular flexibility index (Phi) is 18.4. The Hall–Kier alpha value is -7.40. The zero-order valence-electron chi connectivity index (χ0n) is 43.8. The second-order valence-corrected chi connectivity index (χ2v) is 22.1. The molecule has 1 atom stereocenters. The summed E-state index contributed by atoms with van der Waals surface area (Å²) in [5.41, 5.74) is 8.91. The molecule has 1 unspecified atom stereocenters. The van der Waals surface area contributed by atoms with E-state index in [-0.39, 0.29) is 30.2 Å². The monoisotopic (exact) mass is 1190 g/mol. The molecule has 4 aliphatic heterocycles. The third-order valence-electron chi connectivity index (χ3n) is 13.8. The summed E-state index contributed by atoms with van der Waals surface area (Å²) in [6, 6.07) is 34.1. The second-order valence-electron chi connectivity index (χ2n) is 20.1. The molecular weight excluding hydrogens is 1130 g/mol. The van der Waals surface area contributed by atoms with Crippen molar-refractivity contribution in [2.75, 3.05) is 24.1 Å². The van der Waals surface area contributed by atoms with Crippen LogP contribution >= 0.6 is 33.9 Å². The maximum atomic E-state index is 14.8. The van der Waals surface area contributed by atoms with Crippen LogP contribution < -0.4 is 26.6 Å². The van der Waals surface area contributed by atoms with Gasteiger partial charge in [-0.3, -0.25) is 33.8 Å². The molecule has 0 fully saturated rings. The van der Waals surface area contributed by atoms with E-state index < -0.39 is 11.9 Å². The van der Waals surface area contributed by atoms with Crippen molar-refractivity contribution in [2.24, 2.45) is 0 Å². The molecule has 0 radical (unpaired) electrons. The fourth-order valence-corrected chi connectivity index (χ4v) is 11.2. The molecule has 0 spiro atoms. The quantitative estimate of drug-likeness (QED) is 0.0436. The van der Waals surface area contributed by atoms with E-state index in [0.29, 0.717) is 123 Å². The fourth-order valence-electron chi connectivity index (χ4n) is 9.95. The van der Waals surface area contributed by atoms with Gasteiger partial charge in [-0.05, 0) is 123 Å². The van der Waals surface area contributed by atoms with E-state index in [2.05, 4.69) is 42.5 Å². The summed E-state index contributed by atoms with van der Waals surface area (Å²) in [5.74, 6) is -1.08. The van der Waals surface area contributed by atoms with Crippen LogP contribution in [0.4, 0.5) is 0 Å². The highest BCUT2D eigenvalue weighted by molar-refractivity contribution is 14.1. The number of thiophene rings is 1. The van der Waals surface area contributed by atoms with Crippen molar-refractivity contribution in [3.63, 3.8) is 0 Å². The lowest BCUT2D eigenvalue weighted by molar-refractivity contribution is -0.123. The van der Waals surface area contributed by atoms with Crippen molar-refractivity contribution in [3.8, 4) is 34.2 Å². The van der Waals surface area contributed by atoms with Gasteiger partial charge in [0.2, 0.25) is 17.7 Å². The van der Waals surface area contributed by atoms with Crippen LogP contribution in [0, 0.1) is 0 Å². The van der Waals surface area contributed by atoms with Gasteiger partial charge in [-0.25, -0.2) is 29.9 Å². The summed E-state index contributed by atoms with van der Waals surface area (Å²) in [6.07, 6.45) is 5.36. The van der Waals surface area contributed by atoms with E-state index >= 15 is 0 Å². The number of carbonyl (C=O) groups excluding carboxylic acids is 5. The third kappa shape index (κ3) is 15.3. The molecule has 11 heterocycles. The summed E-state index contributed by atoms with van der Waals surface area (Å²) in [4.78, 5) is 104. The van der Waals surface area contributed by atoms with Gasteiger partial charge in [0.15, 0.2) is 0 Å². The predicted octanol–water partition coefficient (Wildman–Crippen LogP) is 7.25. The molecule has 0 aliphatic carbocycles. The number of nitrogens with one attached hydrogen (secondary N) is 5. The van der Waals surface area contributed by atoms with Gasteiger partial charge < -0.3 is 26.6 Å².